The van der Waals surface area contributed by atoms with E-state index < -0.39 is 5.97 Å². The van der Waals surface area contributed by atoms with Gasteiger partial charge in [-0.25, -0.2) is 10.2 Å². The quantitative estimate of drug-likeness (QED) is 0.187. The Balaban J connectivity index is 1.40. The summed E-state index contributed by atoms with van der Waals surface area (Å²) in [5, 5.41) is 4.03. The van der Waals surface area contributed by atoms with Crippen molar-refractivity contribution in [3.63, 3.8) is 0 Å². The van der Waals surface area contributed by atoms with Crippen molar-refractivity contribution in [3.05, 3.63) is 107 Å². The molecule has 176 valence electrons. The molecule has 1 amide bonds. The van der Waals surface area contributed by atoms with E-state index in [1.54, 1.807) is 48.7 Å². The molecule has 0 atom stereocenters. The van der Waals surface area contributed by atoms with Crippen molar-refractivity contribution in [1.29, 1.82) is 0 Å². The van der Waals surface area contributed by atoms with Crippen LogP contribution in [0.15, 0.2) is 84.2 Å². The van der Waals surface area contributed by atoms with Crippen LogP contribution in [0.25, 0.3) is 5.69 Å². The SMILES string of the molecule is COc1cc(C=NNC(=O)c2ccc(-n3c(C)ccc3C)cc2)ccc1OC(=O)c1cccnc1. The van der Waals surface area contributed by atoms with Crippen molar-refractivity contribution >= 4 is 18.1 Å². The Labute approximate surface area is 202 Å². The minimum Gasteiger partial charge on any atom is -0.493 e. The topological polar surface area (TPSA) is 94.8 Å². The number of rotatable bonds is 7. The molecule has 8 nitrogen and oxygen atoms in total. The zero-order valence-corrected chi connectivity index (χ0v) is 19.6. The first kappa shape index (κ1) is 23.4. The average Bonchev–Trinajstić information content (AvgIpc) is 3.22. The second-order valence-electron chi connectivity index (χ2n) is 7.74. The number of aryl methyl sites for hydroxylation is 2. The number of nitrogens with zero attached hydrogens (tertiary/aromatic N) is 3. The van der Waals surface area contributed by atoms with Crippen LogP contribution in [0, 0.1) is 13.8 Å². The number of nitrogens with one attached hydrogen (secondary N) is 1. The summed E-state index contributed by atoms with van der Waals surface area (Å²) in [5.74, 6) is -0.263. The molecule has 2 aromatic carbocycles. The van der Waals surface area contributed by atoms with Gasteiger partial charge in [-0.05, 0) is 86.1 Å². The van der Waals surface area contributed by atoms with Crippen LogP contribution < -0.4 is 14.9 Å². The van der Waals surface area contributed by atoms with E-state index in [1.807, 2.05) is 26.0 Å². The second kappa shape index (κ2) is 10.5. The molecule has 0 aliphatic heterocycles. The lowest BCUT2D eigenvalue weighted by Crippen LogP contribution is -2.17. The van der Waals surface area contributed by atoms with Crippen LogP contribution >= 0.6 is 0 Å². The van der Waals surface area contributed by atoms with E-state index in [0.717, 1.165) is 17.1 Å². The molecule has 1 N–H and O–H groups in total. The van der Waals surface area contributed by atoms with Gasteiger partial charge >= 0.3 is 5.97 Å². The Bertz CT molecular complexity index is 1360. The van der Waals surface area contributed by atoms with Crippen molar-refractivity contribution in [1.82, 2.24) is 15.0 Å². The summed E-state index contributed by atoms with van der Waals surface area (Å²) in [5.41, 5.74) is 7.22. The maximum absolute atomic E-state index is 12.5. The highest BCUT2D eigenvalue weighted by Crippen LogP contribution is 2.28. The molecule has 0 bridgehead atoms. The van der Waals surface area contributed by atoms with E-state index in [0.29, 0.717) is 22.4 Å². The van der Waals surface area contributed by atoms with Gasteiger partial charge in [0.2, 0.25) is 0 Å². The van der Waals surface area contributed by atoms with E-state index in [4.69, 9.17) is 9.47 Å². The average molecular weight is 469 g/mol. The second-order valence-corrected chi connectivity index (χ2v) is 7.74. The van der Waals surface area contributed by atoms with Gasteiger partial charge in [-0.3, -0.25) is 9.78 Å². The van der Waals surface area contributed by atoms with Crippen molar-refractivity contribution in [2.45, 2.75) is 13.8 Å². The highest BCUT2D eigenvalue weighted by molar-refractivity contribution is 5.95. The number of methoxy groups -OCH3 is 1. The molecule has 0 spiro atoms. The van der Waals surface area contributed by atoms with E-state index in [-0.39, 0.29) is 11.7 Å². The predicted molar refractivity (Wildman–Crippen MR) is 132 cm³/mol. The Hall–Kier alpha value is -4.72. The molecule has 0 fully saturated rings. The lowest BCUT2D eigenvalue weighted by molar-refractivity contribution is 0.0729. The third kappa shape index (κ3) is 5.44. The molecule has 8 heteroatoms. The summed E-state index contributed by atoms with van der Waals surface area (Å²) in [4.78, 5) is 28.7. The van der Waals surface area contributed by atoms with Crippen molar-refractivity contribution in [2.75, 3.05) is 7.11 Å². The molecule has 4 rings (SSSR count). The Kier molecular flexibility index (Phi) is 7.02. The van der Waals surface area contributed by atoms with Crippen LogP contribution in [0.5, 0.6) is 11.5 Å². The predicted octanol–water partition coefficient (Wildman–Crippen LogP) is 4.48. The molecular formula is C27H24N4O4. The fourth-order valence-corrected chi connectivity index (χ4v) is 3.56. The van der Waals surface area contributed by atoms with Crippen molar-refractivity contribution in [3.8, 4) is 17.2 Å². The third-order valence-electron chi connectivity index (χ3n) is 5.33. The maximum Gasteiger partial charge on any atom is 0.345 e. The standard InChI is InChI=1S/C27H24N4O4/c1-18-6-7-19(2)31(18)23-11-9-21(10-12-23)26(32)30-29-16-20-8-13-24(25(15-20)34-3)35-27(33)22-5-4-14-28-17-22/h4-17H,1-3H3,(H,30,32). The van der Waals surface area contributed by atoms with Gasteiger partial charge in [0.25, 0.3) is 5.91 Å². The van der Waals surface area contributed by atoms with E-state index in [1.165, 1.54) is 19.5 Å². The number of amides is 1. The number of pyridine rings is 1. The fraction of sp³-hybridized carbons (Fsp3) is 0.111. The normalized spacial score (nSPS) is 10.8. The molecule has 0 aliphatic carbocycles. The van der Waals surface area contributed by atoms with Crippen LogP contribution in [0.2, 0.25) is 0 Å². The first-order valence-electron chi connectivity index (χ1n) is 10.9. The molecule has 0 radical (unpaired) electrons. The molecule has 2 aromatic heterocycles. The highest BCUT2D eigenvalue weighted by Gasteiger charge is 2.13. The van der Waals surface area contributed by atoms with Crippen LogP contribution in [0.3, 0.4) is 0 Å². The number of esters is 1. The van der Waals surface area contributed by atoms with Gasteiger partial charge in [-0.15, -0.1) is 0 Å². The number of benzene rings is 2. The minimum atomic E-state index is -0.543. The number of aromatic nitrogens is 2. The molecule has 35 heavy (non-hydrogen) atoms. The molecule has 0 aliphatic rings. The number of carbonyl (C=O) groups is 2. The summed E-state index contributed by atoms with van der Waals surface area (Å²) >= 11 is 0. The van der Waals surface area contributed by atoms with Gasteiger partial charge in [0, 0.05) is 35.0 Å². The van der Waals surface area contributed by atoms with E-state index in [2.05, 4.69) is 32.2 Å². The Morgan fingerprint density at radius 1 is 0.943 bits per heavy atom. The first-order chi connectivity index (χ1) is 17.0. The van der Waals surface area contributed by atoms with Gasteiger partial charge in [0.15, 0.2) is 11.5 Å². The van der Waals surface area contributed by atoms with Crippen LogP contribution in [-0.4, -0.2) is 34.8 Å². The summed E-state index contributed by atoms with van der Waals surface area (Å²) in [6, 6.07) is 19.6. The monoisotopic (exact) mass is 468 g/mol. The Morgan fingerprint density at radius 2 is 1.69 bits per heavy atom. The third-order valence-corrected chi connectivity index (χ3v) is 5.33. The summed E-state index contributed by atoms with van der Waals surface area (Å²) in [6.07, 6.45) is 4.48. The molecule has 4 aromatic rings. The summed E-state index contributed by atoms with van der Waals surface area (Å²) in [7, 11) is 1.47. The fourth-order valence-electron chi connectivity index (χ4n) is 3.56. The molecule has 0 saturated carbocycles. The summed E-state index contributed by atoms with van der Waals surface area (Å²) < 4.78 is 12.9. The number of hydrogen-bond acceptors (Lipinski definition) is 6. The zero-order chi connectivity index (χ0) is 24.8. The lowest BCUT2D eigenvalue weighted by atomic mass is 10.2. The number of hydrazone groups is 1. The molecule has 0 saturated heterocycles. The smallest absolute Gasteiger partial charge is 0.345 e. The highest BCUT2D eigenvalue weighted by atomic mass is 16.6. The van der Waals surface area contributed by atoms with Crippen molar-refractivity contribution in [2.24, 2.45) is 5.10 Å². The Morgan fingerprint density at radius 3 is 2.34 bits per heavy atom. The number of hydrogen-bond donors (Lipinski definition) is 1. The van der Waals surface area contributed by atoms with Gasteiger partial charge < -0.3 is 14.0 Å². The number of carbonyl (C=O) groups excluding carboxylic acids is 2. The van der Waals surface area contributed by atoms with Crippen molar-refractivity contribution < 1.29 is 19.1 Å². The minimum absolute atomic E-state index is 0.260. The van der Waals surface area contributed by atoms with Gasteiger partial charge in [0.1, 0.15) is 0 Å². The maximum atomic E-state index is 12.5. The number of ether oxygens (including phenoxy) is 2. The largest absolute Gasteiger partial charge is 0.493 e. The van der Waals surface area contributed by atoms with Gasteiger partial charge in [0.05, 0.1) is 18.9 Å². The van der Waals surface area contributed by atoms with Crippen LogP contribution in [0.1, 0.15) is 37.7 Å². The van der Waals surface area contributed by atoms with E-state index in [9.17, 15) is 9.59 Å². The van der Waals surface area contributed by atoms with Gasteiger partial charge in [-0.2, -0.15) is 5.10 Å². The molecule has 0 unspecified atom stereocenters. The summed E-state index contributed by atoms with van der Waals surface area (Å²) in [6.45, 7) is 4.07. The molecular weight excluding hydrogens is 444 g/mol. The van der Waals surface area contributed by atoms with Crippen LogP contribution in [0.4, 0.5) is 0 Å². The van der Waals surface area contributed by atoms with Crippen LogP contribution in [-0.2, 0) is 0 Å². The van der Waals surface area contributed by atoms with Gasteiger partial charge in [-0.1, -0.05) is 0 Å². The molecule has 2 heterocycles. The van der Waals surface area contributed by atoms with E-state index >= 15 is 0 Å². The lowest BCUT2D eigenvalue weighted by Gasteiger charge is -2.10. The zero-order valence-electron chi connectivity index (χ0n) is 19.6. The first-order valence-corrected chi connectivity index (χ1v) is 10.9.